The molecular weight excluding hydrogens is 304 g/mol. The first kappa shape index (κ1) is 20.0. The molecule has 5 heteroatoms. The first-order valence-electron chi connectivity index (χ1n) is 8.63. The number of nitriles is 1. The summed E-state index contributed by atoms with van der Waals surface area (Å²) in [5.41, 5.74) is 0.117. The van der Waals surface area contributed by atoms with Gasteiger partial charge in [0.2, 0.25) is 0 Å². The Morgan fingerprint density at radius 3 is 2.62 bits per heavy atom. The van der Waals surface area contributed by atoms with Crippen molar-refractivity contribution in [2.45, 2.75) is 59.0 Å². The lowest BCUT2D eigenvalue weighted by molar-refractivity contribution is -0.139. The van der Waals surface area contributed by atoms with E-state index in [-0.39, 0.29) is 5.91 Å². The molecule has 1 rings (SSSR count). The molecule has 132 valence electrons. The summed E-state index contributed by atoms with van der Waals surface area (Å²) in [6.07, 6.45) is 3.45. The molecule has 0 radical (unpaired) electrons. The Labute approximate surface area is 145 Å². The predicted octanol–water partition coefficient (Wildman–Crippen LogP) is 4.27. The van der Waals surface area contributed by atoms with E-state index in [0.29, 0.717) is 36.6 Å². The summed E-state index contributed by atoms with van der Waals surface area (Å²) >= 11 is 0. The van der Waals surface area contributed by atoms with Crippen LogP contribution in [0.3, 0.4) is 0 Å². The van der Waals surface area contributed by atoms with Crippen molar-refractivity contribution in [3.05, 3.63) is 23.8 Å². The molecule has 1 amide bonds. The van der Waals surface area contributed by atoms with Gasteiger partial charge in [0.1, 0.15) is 17.4 Å². The lowest BCUT2D eigenvalue weighted by Crippen LogP contribution is -2.42. The number of benzene rings is 1. The number of unbranched alkanes of at least 4 members (excludes halogenated alkanes) is 1. The van der Waals surface area contributed by atoms with Crippen molar-refractivity contribution < 1.29 is 14.3 Å². The van der Waals surface area contributed by atoms with Crippen molar-refractivity contribution in [2.24, 2.45) is 0 Å². The van der Waals surface area contributed by atoms with Gasteiger partial charge < -0.3 is 14.8 Å². The van der Waals surface area contributed by atoms with Crippen LogP contribution < -0.4 is 10.1 Å². The smallest absolute Gasteiger partial charge is 0.256 e. The Hall–Kier alpha value is -2.06. The first-order chi connectivity index (χ1) is 11.5. The van der Waals surface area contributed by atoms with Crippen LogP contribution in [0.4, 0.5) is 5.69 Å². The molecular formula is C19H28N2O3. The van der Waals surface area contributed by atoms with Gasteiger partial charge in [0, 0.05) is 12.3 Å². The number of anilines is 1. The van der Waals surface area contributed by atoms with Crippen molar-refractivity contribution in [3.63, 3.8) is 0 Å². The number of rotatable bonds is 10. The van der Waals surface area contributed by atoms with Gasteiger partial charge >= 0.3 is 0 Å². The van der Waals surface area contributed by atoms with E-state index in [9.17, 15) is 10.1 Å². The summed E-state index contributed by atoms with van der Waals surface area (Å²) in [4.78, 5) is 12.6. The summed E-state index contributed by atoms with van der Waals surface area (Å²) in [7, 11) is 0. The van der Waals surface area contributed by atoms with Gasteiger partial charge in [0.05, 0.1) is 12.2 Å². The monoisotopic (exact) mass is 332 g/mol. The van der Waals surface area contributed by atoms with Crippen LogP contribution in [0, 0.1) is 11.3 Å². The second-order valence-electron chi connectivity index (χ2n) is 5.89. The topological polar surface area (TPSA) is 71.3 Å². The van der Waals surface area contributed by atoms with E-state index in [0.717, 1.165) is 19.3 Å². The van der Waals surface area contributed by atoms with E-state index in [2.05, 4.69) is 18.3 Å². The van der Waals surface area contributed by atoms with Gasteiger partial charge in [0.15, 0.2) is 0 Å². The summed E-state index contributed by atoms with van der Waals surface area (Å²) < 4.78 is 11.3. The summed E-state index contributed by atoms with van der Waals surface area (Å²) in [6.45, 7) is 8.81. The van der Waals surface area contributed by atoms with Gasteiger partial charge in [-0.3, -0.25) is 4.79 Å². The lowest BCUT2D eigenvalue weighted by Gasteiger charge is -2.27. The molecule has 24 heavy (non-hydrogen) atoms. The van der Waals surface area contributed by atoms with Crippen molar-refractivity contribution in [2.75, 3.05) is 18.5 Å². The van der Waals surface area contributed by atoms with Crippen LogP contribution in [-0.2, 0) is 9.53 Å². The van der Waals surface area contributed by atoms with Crippen molar-refractivity contribution >= 4 is 11.6 Å². The number of nitrogens with one attached hydrogen (secondary N) is 1. The Morgan fingerprint density at radius 1 is 1.29 bits per heavy atom. The maximum absolute atomic E-state index is 12.6. The summed E-state index contributed by atoms with van der Waals surface area (Å²) in [5.74, 6) is 0.347. The molecule has 0 aliphatic heterocycles. The van der Waals surface area contributed by atoms with E-state index >= 15 is 0 Å². The number of nitrogens with zero attached hydrogens (tertiary/aromatic N) is 1. The highest BCUT2D eigenvalue weighted by molar-refractivity contribution is 5.97. The molecule has 0 aromatic heterocycles. The molecule has 5 nitrogen and oxygen atoms in total. The van der Waals surface area contributed by atoms with Crippen LogP contribution in [0.25, 0.3) is 0 Å². The molecule has 0 fully saturated rings. The Bertz CT molecular complexity index is 572. The molecule has 0 aliphatic rings. The fourth-order valence-corrected chi connectivity index (χ4v) is 2.46. The second kappa shape index (κ2) is 9.94. The van der Waals surface area contributed by atoms with E-state index in [1.165, 1.54) is 0 Å². The molecule has 0 saturated heterocycles. The zero-order valence-corrected chi connectivity index (χ0v) is 15.1. The number of carbonyl (C=O) groups excluding carboxylic acids is 1. The van der Waals surface area contributed by atoms with Crippen LogP contribution in [0.1, 0.15) is 58.9 Å². The van der Waals surface area contributed by atoms with E-state index in [1.54, 1.807) is 25.1 Å². The SMILES string of the molecule is CCCCOc1ccc(NC(=O)[C@@](C)(CCC)OCC)cc1C#N. The zero-order chi connectivity index (χ0) is 18.0. The van der Waals surface area contributed by atoms with Crippen LogP contribution in [0.2, 0.25) is 0 Å². The number of hydrogen-bond acceptors (Lipinski definition) is 4. The highest BCUT2D eigenvalue weighted by Crippen LogP contribution is 2.25. The molecule has 1 aromatic rings. The van der Waals surface area contributed by atoms with Crippen molar-refractivity contribution in [1.29, 1.82) is 5.26 Å². The quantitative estimate of drug-likeness (QED) is 0.649. The third-order valence-electron chi connectivity index (χ3n) is 3.78. The van der Waals surface area contributed by atoms with Crippen LogP contribution in [-0.4, -0.2) is 24.7 Å². The maximum Gasteiger partial charge on any atom is 0.256 e. The molecule has 0 saturated carbocycles. The van der Waals surface area contributed by atoms with Gasteiger partial charge in [-0.25, -0.2) is 0 Å². The highest BCUT2D eigenvalue weighted by atomic mass is 16.5. The molecule has 0 bridgehead atoms. The Kier molecular flexibility index (Phi) is 8.28. The Morgan fingerprint density at radius 2 is 2.04 bits per heavy atom. The minimum absolute atomic E-state index is 0.199. The number of hydrogen-bond donors (Lipinski definition) is 1. The average molecular weight is 332 g/mol. The highest BCUT2D eigenvalue weighted by Gasteiger charge is 2.33. The third kappa shape index (κ3) is 5.54. The summed E-state index contributed by atoms with van der Waals surface area (Å²) in [5, 5.41) is 12.1. The first-order valence-corrected chi connectivity index (χ1v) is 8.63. The molecule has 0 unspecified atom stereocenters. The molecule has 0 spiro atoms. The van der Waals surface area contributed by atoms with E-state index in [4.69, 9.17) is 9.47 Å². The van der Waals surface area contributed by atoms with E-state index in [1.807, 2.05) is 13.8 Å². The lowest BCUT2D eigenvalue weighted by atomic mass is 9.99. The molecule has 1 aromatic carbocycles. The van der Waals surface area contributed by atoms with Gasteiger partial charge in [-0.05, 0) is 44.9 Å². The largest absolute Gasteiger partial charge is 0.492 e. The summed E-state index contributed by atoms with van der Waals surface area (Å²) in [6, 6.07) is 7.23. The molecule has 0 heterocycles. The number of ether oxygens (including phenoxy) is 2. The standard InChI is InChI=1S/C19H28N2O3/c1-5-8-12-23-17-10-9-16(13-15(17)14-20)21-18(22)19(4,11-6-2)24-7-3/h9-10,13H,5-8,11-12H2,1-4H3,(H,21,22)/t19-/m1/s1. The van der Waals surface area contributed by atoms with Crippen molar-refractivity contribution in [3.8, 4) is 11.8 Å². The predicted molar refractivity (Wildman–Crippen MR) is 95.1 cm³/mol. The maximum atomic E-state index is 12.6. The van der Waals surface area contributed by atoms with Gasteiger partial charge in [0.25, 0.3) is 5.91 Å². The van der Waals surface area contributed by atoms with Gasteiger partial charge in [-0.2, -0.15) is 5.26 Å². The zero-order valence-electron chi connectivity index (χ0n) is 15.1. The van der Waals surface area contributed by atoms with Crippen LogP contribution >= 0.6 is 0 Å². The second-order valence-corrected chi connectivity index (χ2v) is 5.89. The fourth-order valence-electron chi connectivity index (χ4n) is 2.46. The minimum Gasteiger partial charge on any atom is -0.492 e. The Balaban J connectivity index is 2.87. The fraction of sp³-hybridized carbons (Fsp3) is 0.579. The number of carbonyl (C=O) groups is 1. The van der Waals surface area contributed by atoms with Crippen LogP contribution in [0.15, 0.2) is 18.2 Å². The third-order valence-corrected chi connectivity index (χ3v) is 3.78. The minimum atomic E-state index is -0.868. The number of amides is 1. The molecule has 0 aliphatic carbocycles. The molecule has 1 N–H and O–H groups in total. The normalized spacial score (nSPS) is 13.0. The van der Waals surface area contributed by atoms with Crippen molar-refractivity contribution in [1.82, 2.24) is 0 Å². The van der Waals surface area contributed by atoms with E-state index < -0.39 is 5.60 Å². The van der Waals surface area contributed by atoms with Gasteiger partial charge in [-0.15, -0.1) is 0 Å². The van der Waals surface area contributed by atoms with Gasteiger partial charge in [-0.1, -0.05) is 26.7 Å². The molecule has 1 atom stereocenters. The average Bonchev–Trinajstić information content (AvgIpc) is 2.56. The van der Waals surface area contributed by atoms with Crippen LogP contribution in [0.5, 0.6) is 5.75 Å².